The highest BCUT2D eigenvalue weighted by Crippen LogP contribution is 2.38. The summed E-state index contributed by atoms with van der Waals surface area (Å²) >= 11 is -0.343. The molecule has 0 aliphatic rings. The van der Waals surface area contributed by atoms with Gasteiger partial charge in [0.2, 0.25) is 0 Å². The predicted octanol–water partition coefficient (Wildman–Crippen LogP) is 4.91. The fraction of sp³-hybridized carbons (Fsp3) is 0.150. The lowest BCUT2D eigenvalue weighted by molar-refractivity contribution is -0.0328. The number of anilines is 1. The van der Waals surface area contributed by atoms with Crippen molar-refractivity contribution in [2.45, 2.75) is 17.3 Å². The molecule has 2 aromatic carbocycles. The van der Waals surface area contributed by atoms with E-state index in [2.05, 4.69) is 10.4 Å². The van der Waals surface area contributed by atoms with E-state index in [9.17, 15) is 22.8 Å². The lowest BCUT2D eigenvalue weighted by Gasteiger charge is -2.12. The highest BCUT2D eigenvalue weighted by atomic mass is 32.2. The average molecular weight is 435 g/mol. The molecule has 0 aliphatic heterocycles. The number of rotatable bonds is 6. The molecule has 0 unspecified atom stereocenters. The number of halogens is 3. The largest absolute Gasteiger partial charge is 0.461 e. The van der Waals surface area contributed by atoms with Crippen LogP contribution in [0.3, 0.4) is 0 Å². The summed E-state index contributed by atoms with van der Waals surface area (Å²) < 4.78 is 44.6. The molecule has 0 saturated carbocycles. The van der Waals surface area contributed by atoms with Gasteiger partial charge in [0.05, 0.1) is 17.9 Å². The number of carbonyl (C=O) groups is 2. The standard InChI is InChI=1S/C20H16F3N3O3S/c1-2-29-19(28)16-10-11-26(25-16)14-7-5-6-13(12-14)24-18(27)15-8-3-4-9-17(15)30-20(21,22)23/h3-12H,2H2,1H3,(H,24,27). The Balaban J connectivity index is 1.80. The first-order valence-corrected chi connectivity index (χ1v) is 9.58. The number of nitrogens with zero attached hydrogens (tertiary/aromatic N) is 2. The van der Waals surface area contributed by atoms with Crippen LogP contribution in [0, 0.1) is 0 Å². The number of hydrogen-bond acceptors (Lipinski definition) is 5. The number of alkyl halides is 3. The number of esters is 1. The molecule has 0 saturated heterocycles. The first-order valence-electron chi connectivity index (χ1n) is 8.76. The molecule has 1 aromatic heterocycles. The minimum atomic E-state index is -4.51. The fourth-order valence-electron chi connectivity index (χ4n) is 2.57. The van der Waals surface area contributed by atoms with Crippen LogP contribution in [0.1, 0.15) is 27.8 Å². The Morgan fingerprint density at radius 2 is 1.90 bits per heavy atom. The second-order valence-corrected chi connectivity index (χ2v) is 7.02. The van der Waals surface area contributed by atoms with Crippen molar-refractivity contribution in [3.63, 3.8) is 0 Å². The molecule has 0 spiro atoms. The van der Waals surface area contributed by atoms with E-state index in [4.69, 9.17) is 4.74 Å². The number of nitrogens with one attached hydrogen (secondary N) is 1. The van der Waals surface area contributed by atoms with Gasteiger partial charge < -0.3 is 10.1 Å². The third-order valence-corrected chi connectivity index (χ3v) is 4.61. The molecule has 30 heavy (non-hydrogen) atoms. The molecule has 1 N–H and O–H groups in total. The van der Waals surface area contributed by atoms with E-state index in [1.807, 2.05) is 0 Å². The van der Waals surface area contributed by atoms with Gasteiger partial charge in [0.15, 0.2) is 5.69 Å². The van der Waals surface area contributed by atoms with Gasteiger partial charge in [-0.15, -0.1) is 0 Å². The monoisotopic (exact) mass is 435 g/mol. The zero-order valence-corrected chi connectivity index (χ0v) is 16.5. The third-order valence-electron chi connectivity index (χ3n) is 3.80. The van der Waals surface area contributed by atoms with E-state index < -0.39 is 17.4 Å². The Morgan fingerprint density at radius 1 is 1.13 bits per heavy atom. The van der Waals surface area contributed by atoms with Crippen molar-refractivity contribution in [3.8, 4) is 5.69 Å². The second kappa shape index (κ2) is 9.04. The van der Waals surface area contributed by atoms with Gasteiger partial charge in [-0.25, -0.2) is 9.48 Å². The Kier molecular flexibility index (Phi) is 6.46. The highest BCUT2D eigenvalue weighted by Gasteiger charge is 2.31. The number of hydrogen-bond donors (Lipinski definition) is 1. The van der Waals surface area contributed by atoms with E-state index >= 15 is 0 Å². The highest BCUT2D eigenvalue weighted by molar-refractivity contribution is 8.00. The molecule has 0 fully saturated rings. The van der Waals surface area contributed by atoms with Crippen molar-refractivity contribution in [2.75, 3.05) is 11.9 Å². The van der Waals surface area contributed by atoms with Crippen LogP contribution in [0.25, 0.3) is 5.69 Å². The van der Waals surface area contributed by atoms with Gasteiger partial charge in [-0.05, 0) is 55.1 Å². The first kappa shape index (κ1) is 21.4. The van der Waals surface area contributed by atoms with Crippen molar-refractivity contribution in [2.24, 2.45) is 0 Å². The first-order chi connectivity index (χ1) is 14.3. The maximum absolute atomic E-state index is 12.7. The van der Waals surface area contributed by atoms with E-state index in [-0.39, 0.29) is 34.5 Å². The van der Waals surface area contributed by atoms with E-state index in [1.165, 1.54) is 35.0 Å². The molecule has 1 amide bonds. The average Bonchev–Trinajstić information content (AvgIpc) is 3.18. The maximum atomic E-state index is 12.7. The van der Waals surface area contributed by atoms with Crippen molar-refractivity contribution >= 4 is 29.3 Å². The molecular formula is C20H16F3N3O3S. The van der Waals surface area contributed by atoms with Crippen LogP contribution in [0.15, 0.2) is 65.7 Å². The number of thioether (sulfide) groups is 1. The van der Waals surface area contributed by atoms with Gasteiger partial charge >= 0.3 is 11.5 Å². The molecule has 1 heterocycles. The van der Waals surface area contributed by atoms with Crippen molar-refractivity contribution in [1.29, 1.82) is 0 Å². The molecule has 6 nitrogen and oxygen atoms in total. The summed E-state index contributed by atoms with van der Waals surface area (Å²) in [5, 5.41) is 6.73. The normalized spacial score (nSPS) is 11.2. The van der Waals surface area contributed by atoms with Gasteiger partial charge in [0.1, 0.15) is 0 Å². The van der Waals surface area contributed by atoms with Crippen molar-refractivity contribution in [3.05, 3.63) is 72.1 Å². The second-order valence-electron chi connectivity index (χ2n) is 5.91. The molecular weight excluding hydrogens is 419 g/mol. The van der Waals surface area contributed by atoms with E-state index in [0.717, 1.165) is 0 Å². The summed E-state index contributed by atoms with van der Waals surface area (Å²) in [4.78, 5) is 24.1. The number of ether oxygens (including phenoxy) is 1. The molecule has 0 aliphatic carbocycles. The smallest absolute Gasteiger partial charge is 0.446 e. The Bertz CT molecular complexity index is 1070. The van der Waals surface area contributed by atoms with Crippen LogP contribution < -0.4 is 5.32 Å². The molecule has 3 rings (SSSR count). The zero-order valence-electron chi connectivity index (χ0n) is 15.6. The van der Waals surface area contributed by atoms with Crippen LogP contribution in [0.5, 0.6) is 0 Å². The molecule has 156 valence electrons. The quantitative estimate of drug-likeness (QED) is 0.440. The Labute approximate surface area is 174 Å². The number of amides is 1. The number of carbonyl (C=O) groups excluding carboxylic acids is 2. The number of benzene rings is 2. The summed E-state index contributed by atoms with van der Waals surface area (Å²) in [6, 6.07) is 13.5. The Morgan fingerprint density at radius 3 is 2.63 bits per heavy atom. The van der Waals surface area contributed by atoms with Crippen LogP contribution >= 0.6 is 11.8 Å². The summed E-state index contributed by atoms with van der Waals surface area (Å²) in [6.45, 7) is 1.91. The minimum absolute atomic E-state index is 0.0890. The van der Waals surface area contributed by atoms with Gasteiger partial charge in [0.25, 0.3) is 5.91 Å². The molecule has 0 radical (unpaired) electrons. The van der Waals surface area contributed by atoms with Crippen LogP contribution in [-0.2, 0) is 4.74 Å². The SMILES string of the molecule is CCOC(=O)c1ccn(-c2cccc(NC(=O)c3ccccc3SC(F)(F)F)c2)n1. The van der Waals surface area contributed by atoms with Gasteiger partial charge in [-0.2, -0.15) is 18.3 Å². The maximum Gasteiger partial charge on any atom is 0.446 e. The summed E-state index contributed by atoms with van der Waals surface area (Å²) in [7, 11) is 0. The fourth-order valence-corrected chi connectivity index (χ4v) is 3.24. The van der Waals surface area contributed by atoms with Gasteiger partial charge in [-0.1, -0.05) is 18.2 Å². The van der Waals surface area contributed by atoms with Gasteiger partial charge in [0, 0.05) is 16.8 Å². The summed E-state index contributed by atoms with van der Waals surface area (Å²) in [5.41, 5.74) is -3.57. The predicted molar refractivity (Wildman–Crippen MR) is 106 cm³/mol. The van der Waals surface area contributed by atoms with Crippen LogP contribution in [0.4, 0.5) is 18.9 Å². The molecule has 0 atom stereocenters. The lowest BCUT2D eigenvalue weighted by Crippen LogP contribution is -2.14. The van der Waals surface area contributed by atoms with E-state index in [1.54, 1.807) is 37.4 Å². The molecule has 3 aromatic rings. The summed E-state index contributed by atoms with van der Waals surface area (Å²) in [5.74, 6) is -1.23. The van der Waals surface area contributed by atoms with Crippen molar-refractivity contribution < 1.29 is 27.5 Å². The number of aromatic nitrogens is 2. The molecule has 10 heteroatoms. The molecule has 0 bridgehead atoms. The Hall–Kier alpha value is -3.27. The van der Waals surface area contributed by atoms with Crippen molar-refractivity contribution in [1.82, 2.24) is 9.78 Å². The van der Waals surface area contributed by atoms with Crippen LogP contribution in [0.2, 0.25) is 0 Å². The van der Waals surface area contributed by atoms with Gasteiger partial charge in [-0.3, -0.25) is 4.79 Å². The van der Waals surface area contributed by atoms with Crippen LogP contribution in [-0.4, -0.2) is 33.8 Å². The third kappa shape index (κ3) is 5.41. The summed E-state index contributed by atoms with van der Waals surface area (Å²) in [6.07, 6.45) is 1.56. The topological polar surface area (TPSA) is 73.2 Å². The van der Waals surface area contributed by atoms with E-state index in [0.29, 0.717) is 11.4 Å². The minimum Gasteiger partial charge on any atom is -0.461 e. The lowest BCUT2D eigenvalue weighted by atomic mass is 10.2. The zero-order chi connectivity index (χ0) is 21.7.